The topological polar surface area (TPSA) is 102 Å². The van der Waals surface area contributed by atoms with Crippen LogP contribution in [0.15, 0.2) is 80.2 Å². The third kappa shape index (κ3) is 5.42. The highest BCUT2D eigenvalue weighted by Gasteiger charge is 2.21. The normalized spacial score (nSPS) is 10.8. The van der Waals surface area contributed by atoms with Crippen LogP contribution in [0.4, 0.5) is 11.4 Å². The van der Waals surface area contributed by atoms with Crippen molar-refractivity contribution in [2.24, 2.45) is 0 Å². The Kier molecular flexibility index (Phi) is 6.98. The molecule has 0 unspecified atom stereocenters. The number of thioether (sulfide) groups is 1. The Bertz CT molecular complexity index is 1250. The fourth-order valence-corrected chi connectivity index (χ4v) is 4.60. The number of benzene rings is 2. The molecule has 0 aliphatic carbocycles. The van der Waals surface area contributed by atoms with Crippen molar-refractivity contribution in [2.75, 3.05) is 10.7 Å². The van der Waals surface area contributed by atoms with Crippen LogP contribution in [0.3, 0.4) is 0 Å². The van der Waals surface area contributed by atoms with E-state index in [1.807, 2.05) is 41.8 Å². The van der Waals surface area contributed by atoms with E-state index in [1.54, 1.807) is 12.1 Å². The van der Waals surface area contributed by atoms with Gasteiger partial charge in [0.2, 0.25) is 11.8 Å². The summed E-state index contributed by atoms with van der Waals surface area (Å²) in [5, 5.41) is 21.4. The summed E-state index contributed by atoms with van der Waals surface area (Å²) in [6.07, 6.45) is 0. The van der Waals surface area contributed by atoms with Crippen LogP contribution in [-0.4, -0.2) is 26.8 Å². The lowest BCUT2D eigenvalue weighted by atomic mass is 10.2. The summed E-state index contributed by atoms with van der Waals surface area (Å²) in [4.78, 5) is 26.3. The maximum atomic E-state index is 13.1. The molecular formula is C21H15BrN4O4S2. The molecule has 1 amide bonds. The number of non-ortho nitro benzene ring substituents is 1. The van der Waals surface area contributed by atoms with Crippen molar-refractivity contribution in [1.29, 1.82) is 0 Å². The Morgan fingerprint density at radius 2 is 2.00 bits per heavy atom. The average molecular weight is 531 g/mol. The maximum absolute atomic E-state index is 13.1. The monoisotopic (exact) mass is 530 g/mol. The molecule has 2 aromatic heterocycles. The number of nitro groups is 1. The van der Waals surface area contributed by atoms with Crippen LogP contribution < -0.4 is 4.90 Å². The standard InChI is InChI=1S/C21H15BrN4O4S2/c22-15-5-1-4-14(10-15)20-23-24-21(30-20)32-13-19(27)25(12-18-8-3-9-31-18)16-6-2-7-17(11-16)26(28)29/h1-11H,12-13H2. The molecule has 0 aliphatic heterocycles. The Morgan fingerprint density at radius 1 is 1.16 bits per heavy atom. The zero-order valence-electron chi connectivity index (χ0n) is 16.4. The molecule has 0 atom stereocenters. The van der Waals surface area contributed by atoms with Gasteiger partial charge in [-0.05, 0) is 35.7 Å². The Labute approximate surface area is 199 Å². The molecule has 2 heterocycles. The number of carbonyl (C=O) groups excluding carboxylic acids is 1. The van der Waals surface area contributed by atoms with Gasteiger partial charge >= 0.3 is 0 Å². The van der Waals surface area contributed by atoms with Crippen molar-refractivity contribution < 1.29 is 14.1 Å². The molecule has 0 saturated carbocycles. The minimum absolute atomic E-state index is 0.0359. The van der Waals surface area contributed by atoms with Crippen LogP contribution in [0.5, 0.6) is 0 Å². The summed E-state index contributed by atoms with van der Waals surface area (Å²) in [6, 6.07) is 17.3. The van der Waals surface area contributed by atoms with Gasteiger partial charge in [0.15, 0.2) is 0 Å². The molecule has 162 valence electrons. The van der Waals surface area contributed by atoms with Crippen molar-refractivity contribution in [3.63, 3.8) is 0 Å². The smallest absolute Gasteiger partial charge is 0.277 e. The van der Waals surface area contributed by atoms with Gasteiger partial charge in [-0.25, -0.2) is 0 Å². The maximum Gasteiger partial charge on any atom is 0.277 e. The fourth-order valence-electron chi connectivity index (χ4n) is 2.86. The van der Waals surface area contributed by atoms with E-state index in [4.69, 9.17) is 4.42 Å². The number of anilines is 1. The molecule has 2 aromatic carbocycles. The van der Waals surface area contributed by atoms with E-state index in [-0.39, 0.29) is 22.6 Å². The van der Waals surface area contributed by atoms with Gasteiger partial charge in [0.05, 0.1) is 22.9 Å². The minimum atomic E-state index is -0.478. The molecule has 32 heavy (non-hydrogen) atoms. The van der Waals surface area contributed by atoms with Gasteiger partial charge < -0.3 is 9.32 Å². The highest BCUT2D eigenvalue weighted by atomic mass is 79.9. The lowest BCUT2D eigenvalue weighted by molar-refractivity contribution is -0.384. The molecule has 8 nitrogen and oxygen atoms in total. The van der Waals surface area contributed by atoms with Gasteiger partial charge in [-0.15, -0.1) is 21.5 Å². The molecule has 0 spiro atoms. The quantitative estimate of drug-likeness (QED) is 0.161. The van der Waals surface area contributed by atoms with Crippen molar-refractivity contribution >= 4 is 56.3 Å². The number of thiophene rings is 1. The predicted octanol–water partition coefficient (Wildman–Crippen LogP) is 5.79. The molecule has 0 N–H and O–H groups in total. The molecule has 0 radical (unpaired) electrons. The number of hydrogen-bond acceptors (Lipinski definition) is 8. The molecule has 0 bridgehead atoms. The van der Waals surface area contributed by atoms with E-state index < -0.39 is 4.92 Å². The van der Waals surface area contributed by atoms with Crippen LogP contribution in [0.25, 0.3) is 11.5 Å². The van der Waals surface area contributed by atoms with Gasteiger partial charge in [-0.2, -0.15) is 0 Å². The van der Waals surface area contributed by atoms with Crippen LogP contribution in [-0.2, 0) is 11.3 Å². The summed E-state index contributed by atoms with van der Waals surface area (Å²) < 4.78 is 6.57. The largest absolute Gasteiger partial charge is 0.411 e. The highest BCUT2D eigenvalue weighted by Crippen LogP contribution is 2.28. The fraction of sp³-hybridized carbons (Fsp3) is 0.0952. The number of nitrogens with zero attached hydrogens (tertiary/aromatic N) is 4. The van der Waals surface area contributed by atoms with E-state index in [0.29, 0.717) is 18.1 Å². The molecule has 4 rings (SSSR count). The van der Waals surface area contributed by atoms with Gasteiger partial charge in [0.1, 0.15) is 0 Å². The highest BCUT2D eigenvalue weighted by molar-refractivity contribution is 9.10. The van der Waals surface area contributed by atoms with Crippen LogP contribution in [0.1, 0.15) is 4.88 Å². The number of aromatic nitrogens is 2. The molecule has 11 heteroatoms. The zero-order chi connectivity index (χ0) is 22.5. The Balaban J connectivity index is 1.50. The third-order valence-electron chi connectivity index (χ3n) is 4.34. The number of halogens is 1. The lowest BCUT2D eigenvalue weighted by Gasteiger charge is -2.21. The molecule has 4 aromatic rings. The number of nitro benzene ring substituents is 1. The summed E-state index contributed by atoms with van der Waals surface area (Å²) in [5.41, 5.74) is 1.15. The summed E-state index contributed by atoms with van der Waals surface area (Å²) in [6.45, 7) is 0.311. The number of carbonyl (C=O) groups is 1. The predicted molar refractivity (Wildman–Crippen MR) is 127 cm³/mol. The first-order valence-electron chi connectivity index (χ1n) is 9.29. The van der Waals surface area contributed by atoms with E-state index >= 15 is 0 Å². The minimum Gasteiger partial charge on any atom is -0.411 e. The number of rotatable bonds is 8. The summed E-state index contributed by atoms with van der Waals surface area (Å²) >= 11 is 6.04. The van der Waals surface area contributed by atoms with E-state index in [2.05, 4.69) is 26.1 Å². The number of hydrogen-bond donors (Lipinski definition) is 0. The van der Waals surface area contributed by atoms with Crippen molar-refractivity contribution in [1.82, 2.24) is 10.2 Å². The second-order valence-corrected chi connectivity index (χ2v) is 9.38. The van der Waals surface area contributed by atoms with Crippen LogP contribution >= 0.6 is 39.0 Å². The number of amides is 1. The Hall–Kier alpha value is -3.02. The van der Waals surface area contributed by atoms with E-state index in [1.165, 1.54) is 28.4 Å². The van der Waals surface area contributed by atoms with Crippen LogP contribution in [0, 0.1) is 10.1 Å². The van der Waals surface area contributed by atoms with Gasteiger partial charge in [0, 0.05) is 27.0 Å². The van der Waals surface area contributed by atoms with Crippen molar-refractivity contribution in [2.45, 2.75) is 11.8 Å². The van der Waals surface area contributed by atoms with Gasteiger partial charge in [-0.1, -0.05) is 45.9 Å². The first-order valence-corrected chi connectivity index (χ1v) is 11.9. The molecule has 0 saturated heterocycles. The third-order valence-corrected chi connectivity index (χ3v) is 6.50. The first-order chi connectivity index (χ1) is 15.5. The average Bonchev–Trinajstić information content (AvgIpc) is 3.48. The lowest BCUT2D eigenvalue weighted by Crippen LogP contribution is -2.31. The second kappa shape index (κ2) is 10.1. The molecule has 0 aliphatic rings. The first kappa shape index (κ1) is 22.2. The van der Waals surface area contributed by atoms with E-state index in [0.717, 1.165) is 26.7 Å². The molecule has 0 fully saturated rings. The second-order valence-electron chi connectivity index (χ2n) is 6.51. The molecular weight excluding hydrogens is 516 g/mol. The van der Waals surface area contributed by atoms with Gasteiger partial charge in [-0.3, -0.25) is 14.9 Å². The van der Waals surface area contributed by atoms with E-state index in [9.17, 15) is 14.9 Å². The SMILES string of the molecule is O=C(CSc1nnc(-c2cccc(Br)c2)o1)N(Cc1cccs1)c1cccc([N+](=O)[O-])c1. The summed E-state index contributed by atoms with van der Waals surface area (Å²) in [7, 11) is 0. The van der Waals surface area contributed by atoms with Crippen molar-refractivity contribution in [3.8, 4) is 11.5 Å². The van der Waals surface area contributed by atoms with Crippen LogP contribution in [0.2, 0.25) is 0 Å². The van der Waals surface area contributed by atoms with Crippen molar-refractivity contribution in [3.05, 3.63) is 85.5 Å². The summed E-state index contributed by atoms with van der Waals surface area (Å²) in [5.74, 6) is 0.162. The van der Waals surface area contributed by atoms with Gasteiger partial charge in [0.25, 0.3) is 10.9 Å². The zero-order valence-corrected chi connectivity index (χ0v) is 19.6. The Morgan fingerprint density at radius 3 is 2.75 bits per heavy atom.